The van der Waals surface area contributed by atoms with Gasteiger partial charge in [-0.25, -0.2) is 0 Å². The monoisotopic (exact) mass is 1140 g/mol. The SMILES string of the molecule is CCCCC/C=C\C/C=C\C/C=C\CCCCCCCCC(=O)OC(COC(=O)CCCCCCC/C=C\CCCCC)COC(=O)CCCCCCCCCCCCCCCCCCCCCCCCCCCCCCCCCC. The summed E-state index contributed by atoms with van der Waals surface area (Å²) in [6, 6.07) is 0. The number of hydrogen-bond donors (Lipinski definition) is 0. The molecular weight excluding hydrogens is 997 g/mol. The van der Waals surface area contributed by atoms with Crippen molar-refractivity contribution in [2.24, 2.45) is 0 Å². The van der Waals surface area contributed by atoms with Crippen molar-refractivity contribution in [1.29, 1.82) is 0 Å². The van der Waals surface area contributed by atoms with Crippen LogP contribution < -0.4 is 0 Å². The van der Waals surface area contributed by atoms with Gasteiger partial charge in [0.25, 0.3) is 0 Å². The van der Waals surface area contributed by atoms with Gasteiger partial charge in [-0.2, -0.15) is 0 Å². The van der Waals surface area contributed by atoms with Crippen molar-refractivity contribution in [1.82, 2.24) is 0 Å². The van der Waals surface area contributed by atoms with Gasteiger partial charge in [-0.1, -0.05) is 339 Å². The highest BCUT2D eigenvalue weighted by Gasteiger charge is 2.19. The largest absolute Gasteiger partial charge is 0.462 e. The molecule has 6 nitrogen and oxygen atoms in total. The Morgan fingerprint density at radius 1 is 0.247 bits per heavy atom. The minimum atomic E-state index is -0.783. The molecule has 0 saturated heterocycles. The molecule has 0 spiro atoms. The van der Waals surface area contributed by atoms with Crippen molar-refractivity contribution in [3.8, 4) is 0 Å². The van der Waals surface area contributed by atoms with Crippen LogP contribution in [0, 0.1) is 0 Å². The summed E-state index contributed by atoms with van der Waals surface area (Å²) in [5.41, 5.74) is 0. The first-order valence-electron chi connectivity index (χ1n) is 36.1. The van der Waals surface area contributed by atoms with Crippen LogP contribution in [0.5, 0.6) is 0 Å². The third-order valence-corrected chi connectivity index (χ3v) is 16.3. The van der Waals surface area contributed by atoms with Gasteiger partial charge < -0.3 is 14.2 Å². The van der Waals surface area contributed by atoms with E-state index >= 15 is 0 Å². The van der Waals surface area contributed by atoms with Crippen molar-refractivity contribution in [2.45, 2.75) is 399 Å². The highest BCUT2D eigenvalue weighted by atomic mass is 16.6. The molecule has 0 radical (unpaired) electrons. The van der Waals surface area contributed by atoms with Gasteiger partial charge in [-0.15, -0.1) is 0 Å². The van der Waals surface area contributed by atoms with Crippen LogP contribution in [-0.2, 0) is 28.6 Å². The predicted molar refractivity (Wildman–Crippen MR) is 353 cm³/mol. The van der Waals surface area contributed by atoms with E-state index in [4.69, 9.17) is 14.2 Å². The van der Waals surface area contributed by atoms with E-state index < -0.39 is 6.10 Å². The van der Waals surface area contributed by atoms with Crippen molar-refractivity contribution in [2.75, 3.05) is 13.2 Å². The Labute approximate surface area is 505 Å². The summed E-state index contributed by atoms with van der Waals surface area (Å²) < 4.78 is 16.9. The van der Waals surface area contributed by atoms with E-state index in [9.17, 15) is 14.4 Å². The maximum Gasteiger partial charge on any atom is 0.306 e. The summed E-state index contributed by atoms with van der Waals surface area (Å²) in [5.74, 6) is -0.877. The summed E-state index contributed by atoms with van der Waals surface area (Å²) in [6.07, 6.45) is 88.8. The number of ether oxygens (including phenoxy) is 3. The van der Waals surface area contributed by atoms with Crippen LogP contribution in [0.25, 0.3) is 0 Å². The number of rotatable bonds is 67. The molecule has 0 aliphatic heterocycles. The van der Waals surface area contributed by atoms with Crippen molar-refractivity contribution in [3.63, 3.8) is 0 Å². The first-order chi connectivity index (χ1) is 40.0. The summed E-state index contributed by atoms with van der Waals surface area (Å²) in [7, 11) is 0. The molecule has 1 unspecified atom stereocenters. The minimum absolute atomic E-state index is 0.0776. The zero-order valence-corrected chi connectivity index (χ0v) is 54.6. The molecule has 81 heavy (non-hydrogen) atoms. The average molecular weight is 1140 g/mol. The number of carbonyl (C=O) groups is 3. The van der Waals surface area contributed by atoms with Crippen molar-refractivity contribution >= 4 is 17.9 Å². The molecule has 0 aliphatic carbocycles. The highest BCUT2D eigenvalue weighted by molar-refractivity contribution is 5.71. The Hall–Kier alpha value is -2.63. The second-order valence-corrected chi connectivity index (χ2v) is 24.5. The maximum atomic E-state index is 12.9. The summed E-state index contributed by atoms with van der Waals surface area (Å²) in [5, 5.41) is 0. The third kappa shape index (κ3) is 68.0. The Kier molecular flexibility index (Phi) is 67.6. The lowest BCUT2D eigenvalue weighted by molar-refractivity contribution is -0.167. The van der Waals surface area contributed by atoms with Gasteiger partial charge in [0.1, 0.15) is 13.2 Å². The van der Waals surface area contributed by atoms with Crippen LogP contribution in [0.2, 0.25) is 0 Å². The van der Waals surface area contributed by atoms with Gasteiger partial charge in [0.2, 0.25) is 0 Å². The fourth-order valence-corrected chi connectivity index (χ4v) is 10.9. The van der Waals surface area contributed by atoms with Crippen LogP contribution >= 0.6 is 0 Å². The van der Waals surface area contributed by atoms with Crippen LogP contribution in [0.3, 0.4) is 0 Å². The molecule has 0 aromatic heterocycles. The lowest BCUT2D eigenvalue weighted by Gasteiger charge is -2.18. The quantitative estimate of drug-likeness (QED) is 0.0261. The molecular formula is C75H138O6. The van der Waals surface area contributed by atoms with E-state index in [1.54, 1.807) is 0 Å². The van der Waals surface area contributed by atoms with Gasteiger partial charge >= 0.3 is 17.9 Å². The van der Waals surface area contributed by atoms with E-state index in [0.29, 0.717) is 19.3 Å². The van der Waals surface area contributed by atoms with Crippen LogP contribution in [0.4, 0.5) is 0 Å². The molecule has 0 fully saturated rings. The van der Waals surface area contributed by atoms with E-state index in [-0.39, 0.29) is 31.1 Å². The Balaban J connectivity index is 4.13. The third-order valence-electron chi connectivity index (χ3n) is 16.3. The predicted octanol–water partition coefficient (Wildman–Crippen LogP) is 24.9. The van der Waals surface area contributed by atoms with Gasteiger partial charge in [0.15, 0.2) is 6.10 Å². The van der Waals surface area contributed by atoms with Gasteiger partial charge in [-0.05, 0) is 83.5 Å². The second-order valence-electron chi connectivity index (χ2n) is 24.5. The second kappa shape index (κ2) is 69.9. The lowest BCUT2D eigenvalue weighted by atomic mass is 10.0. The van der Waals surface area contributed by atoms with Gasteiger partial charge in [-0.3, -0.25) is 14.4 Å². The smallest absolute Gasteiger partial charge is 0.306 e. The van der Waals surface area contributed by atoms with Gasteiger partial charge in [0, 0.05) is 19.3 Å². The number of allylic oxidation sites excluding steroid dienone is 8. The molecule has 474 valence electrons. The highest BCUT2D eigenvalue weighted by Crippen LogP contribution is 2.19. The zero-order chi connectivity index (χ0) is 58.5. The van der Waals surface area contributed by atoms with Crippen LogP contribution in [0.15, 0.2) is 48.6 Å². The zero-order valence-electron chi connectivity index (χ0n) is 54.6. The number of hydrogen-bond acceptors (Lipinski definition) is 6. The molecule has 0 aliphatic rings. The fraction of sp³-hybridized carbons (Fsp3) is 0.853. The number of carbonyl (C=O) groups excluding carboxylic acids is 3. The number of esters is 3. The first kappa shape index (κ1) is 78.4. The van der Waals surface area contributed by atoms with E-state index in [0.717, 1.165) is 89.9 Å². The molecule has 0 amide bonds. The summed E-state index contributed by atoms with van der Waals surface area (Å²) in [6.45, 7) is 6.63. The normalized spacial score (nSPS) is 12.3. The molecule has 0 heterocycles. The van der Waals surface area contributed by atoms with Crippen molar-refractivity contribution in [3.05, 3.63) is 48.6 Å². The van der Waals surface area contributed by atoms with Gasteiger partial charge in [0.05, 0.1) is 0 Å². The number of unbranched alkanes of at least 4 members (excludes halogenated alkanes) is 48. The van der Waals surface area contributed by atoms with Crippen LogP contribution in [-0.4, -0.2) is 37.2 Å². The fourth-order valence-electron chi connectivity index (χ4n) is 10.9. The summed E-state index contributed by atoms with van der Waals surface area (Å²) >= 11 is 0. The molecule has 0 N–H and O–H groups in total. The Morgan fingerprint density at radius 3 is 0.728 bits per heavy atom. The Morgan fingerprint density at radius 2 is 0.444 bits per heavy atom. The van der Waals surface area contributed by atoms with Crippen molar-refractivity contribution < 1.29 is 28.6 Å². The summed E-state index contributed by atoms with van der Waals surface area (Å²) in [4.78, 5) is 38.4. The standard InChI is InChI=1S/C75H138O6/c1-4-7-10-13-16-19-22-25-27-29-31-32-33-34-35-36-37-38-39-40-41-42-43-45-46-48-50-53-56-59-62-65-68-74(77)80-71-72(70-79-73(76)67-64-61-58-55-52-24-21-18-15-12-9-6-3)81-75(78)69-66-63-60-57-54-51-49-47-44-30-28-26-23-20-17-14-11-8-5-2/h17-18,20-21,26,28,44,47,72H,4-16,19,22-25,27,29-43,45-46,48-71H2,1-3H3/b20-17-,21-18-,28-26-,47-44-. The first-order valence-corrected chi connectivity index (χ1v) is 36.1. The molecule has 0 aromatic rings. The van der Waals surface area contributed by atoms with E-state index in [1.807, 2.05) is 0 Å². The molecule has 0 bridgehead atoms. The molecule has 6 heteroatoms. The molecule has 0 aromatic carbocycles. The minimum Gasteiger partial charge on any atom is -0.462 e. The van der Waals surface area contributed by atoms with E-state index in [2.05, 4.69) is 69.4 Å². The van der Waals surface area contributed by atoms with Crippen LogP contribution in [0.1, 0.15) is 393 Å². The lowest BCUT2D eigenvalue weighted by Crippen LogP contribution is -2.30. The molecule has 0 rings (SSSR count). The van der Waals surface area contributed by atoms with E-state index in [1.165, 1.54) is 263 Å². The maximum absolute atomic E-state index is 12.9. The average Bonchev–Trinajstić information content (AvgIpc) is 3.47. The molecule has 0 saturated carbocycles. The topological polar surface area (TPSA) is 78.9 Å². The molecule has 1 atom stereocenters. The Bertz CT molecular complexity index is 1400.